The van der Waals surface area contributed by atoms with E-state index in [-0.39, 0.29) is 18.2 Å². The Bertz CT molecular complexity index is 533. The highest BCUT2D eigenvalue weighted by Crippen LogP contribution is 2.33. The maximum absolute atomic E-state index is 12.7. The van der Waals surface area contributed by atoms with Gasteiger partial charge in [-0.05, 0) is 31.5 Å². The average molecular weight is 285 g/mol. The van der Waals surface area contributed by atoms with Gasteiger partial charge in [-0.25, -0.2) is 0 Å². The van der Waals surface area contributed by atoms with Gasteiger partial charge < -0.3 is 11.1 Å². The van der Waals surface area contributed by atoms with E-state index in [4.69, 9.17) is 11.0 Å². The molecule has 1 unspecified atom stereocenters. The van der Waals surface area contributed by atoms with Gasteiger partial charge in [0, 0.05) is 18.2 Å². The monoisotopic (exact) mass is 285 g/mol. The number of hydrogen-bond acceptors (Lipinski definition) is 3. The predicted octanol–water partition coefficient (Wildman–Crippen LogP) is 2.64. The minimum Gasteiger partial charge on any atom is -0.328 e. The summed E-state index contributed by atoms with van der Waals surface area (Å²) in [6.07, 6.45) is -4.08. The number of nitrogens with one attached hydrogen (secondary N) is 1. The molecule has 1 rings (SSSR count). The molecular formula is C13H14F3N3O. The highest BCUT2D eigenvalue weighted by atomic mass is 19.4. The zero-order chi connectivity index (χ0) is 15.3. The van der Waals surface area contributed by atoms with Crippen LogP contribution in [0.4, 0.5) is 18.9 Å². The summed E-state index contributed by atoms with van der Waals surface area (Å²) in [4.78, 5) is 11.5. The second kappa shape index (κ2) is 6.39. The van der Waals surface area contributed by atoms with Crippen LogP contribution in [0, 0.1) is 11.3 Å². The van der Waals surface area contributed by atoms with Gasteiger partial charge in [-0.3, -0.25) is 4.79 Å². The van der Waals surface area contributed by atoms with E-state index < -0.39 is 23.2 Å². The minimum absolute atomic E-state index is 0.00556. The Morgan fingerprint density at radius 1 is 1.50 bits per heavy atom. The van der Waals surface area contributed by atoms with Gasteiger partial charge in [0.05, 0.1) is 17.2 Å². The fraction of sp³-hybridized carbons (Fsp3) is 0.385. The Morgan fingerprint density at radius 3 is 2.65 bits per heavy atom. The van der Waals surface area contributed by atoms with Crippen molar-refractivity contribution < 1.29 is 18.0 Å². The van der Waals surface area contributed by atoms with Crippen molar-refractivity contribution in [1.29, 1.82) is 5.26 Å². The number of hydrogen-bond donors (Lipinski definition) is 2. The number of anilines is 1. The highest BCUT2D eigenvalue weighted by molar-refractivity contribution is 5.90. The summed E-state index contributed by atoms with van der Waals surface area (Å²) < 4.78 is 38.2. The molecule has 0 radical (unpaired) electrons. The molecule has 1 amide bonds. The van der Waals surface area contributed by atoms with Crippen LogP contribution in [-0.4, -0.2) is 11.9 Å². The van der Waals surface area contributed by atoms with Crippen LogP contribution in [-0.2, 0) is 11.0 Å². The molecule has 20 heavy (non-hydrogen) atoms. The molecule has 0 aromatic heterocycles. The number of amides is 1. The molecule has 1 aromatic rings. The molecule has 0 spiro atoms. The van der Waals surface area contributed by atoms with E-state index >= 15 is 0 Å². The van der Waals surface area contributed by atoms with Crippen molar-refractivity contribution in [2.45, 2.75) is 32.0 Å². The Labute approximate surface area is 114 Å². The molecule has 108 valence electrons. The van der Waals surface area contributed by atoms with Crippen molar-refractivity contribution >= 4 is 11.6 Å². The van der Waals surface area contributed by atoms with E-state index in [0.29, 0.717) is 6.42 Å². The van der Waals surface area contributed by atoms with Gasteiger partial charge in [-0.15, -0.1) is 0 Å². The van der Waals surface area contributed by atoms with Crippen LogP contribution in [0.5, 0.6) is 0 Å². The molecule has 3 N–H and O–H groups in total. The lowest BCUT2D eigenvalue weighted by Crippen LogP contribution is -2.19. The van der Waals surface area contributed by atoms with Crippen LogP contribution in [0.15, 0.2) is 18.2 Å². The first kappa shape index (κ1) is 16.0. The van der Waals surface area contributed by atoms with Crippen molar-refractivity contribution in [1.82, 2.24) is 0 Å². The molecule has 0 aliphatic heterocycles. The summed E-state index contributed by atoms with van der Waals surface area (Å²) in [6.45, 7) is 1.73. The number of carbonyl (C=O) groups excluding carboxylic acids is 1. The SMILES string of the molecule is CC(N)CCC(=O)Nc1ccc(C#N)c(C(F)(F)F)c1. The lowest BCUT2D eigenvalue weighted by molar-refractivity contribution is -0.137. The summed E-state index contributed by atoms with van der Waals surface area (Å²) in [5.74, 6) is -0.417. The van der Waals surface area contributed by atoms with E-state index in [1.807, 2.05) is 0 Å². The topological polar surface area (TPSA) is 78.9 Å². The van der Waals surface area contributed by atoms with Crippen LogP contribution in [0.2, 0.25) is 0 Å². The van der Waals surface area contributed by atoms with Crippen molar-refractivity contribution in [2.24, 2.45) is 5.73 Å². The maximum Gasteiger partial charge on any atom is 0.417 e. The number of nitriles is 1. The van der Waals surface area contributed by atoms with Gasteiger partial charge in [0.15, 0.2) is 0 Å². The van der Waals surface area contributed by atoms with Gasteiger partial charge >= 0.3 is 6.18 Å². The van der Waals surface area contributed by atoms with E-state index in [0.717, 1.165) is 12.1 Å². The fourth-order valence-corrected chi connectivity index (χ4v) is 1.54. The number of nitrogens with two attached hydrogens (primary N) is 1. The standard InChI is InChI=1S/C13H14F3N3O/c1-8(18)2-5-12(20)19-10-4-3-9(7-17)11(6-10)13(14,15)16/h3-4,6,8H,2,5,18H2,1H3,(H,19,20). The Hall–Kier alpha value is -2.07. The van der Waals surface area contributed by atoms with E-state index in [1.54, 1.807) is 6.92 Å². The zero-order valence-electron chi connectivity index (χ0n) is 10.8. The van der Waals surface area contributed by atoms with Crippen molar-refractivity contribution in [3.05, 3.63) is 29.3 Å². The smallest absolute Gasteiger partial charge is 0.328 e. The van der Waals surface area contributed by atoms with Crippen LogP contribution in [0.3, 0.4) is 0 Å². The van der Waals surface area contributed by atoms with Crippen LogP contribution < -0.4 is 11.1 Å². The Morgan fingerprint density at radius 2 is 2.15 bits per heavy atom. The molecule has 0 bridgehead atoms. The molecule has 1 aromatic carbocycles. The molecule has 7 heteroatoms. The first-order valence-corrected chi connectivity index (χ1v) is 5.91. The van der Waals surface area contributed by atoms with Gasteiger partial charge in [0.25, 0.3) is 0 Å². The van der Waals surface area contributed by atoms with Crippen molar-refractivity contribution in [3.8, 4) is 6.07 Å². The molecule has 0 aliphatic rings. The van der Waals surface area contributed by atoms with E-state index in [1.165, 1.54) is 12.1 Å². The van der Waals surface area contributed by atoms with Crippen molar-refractivity contribution in [2.75, 3.05) is 5.32 Å². The lowest BCUT2D eigenvalue weighted by Gasteiger charge is -2.12. The van der Waals surface area contributed by atoms with Gasteiger partial charge in [-0.1, -0.05) is 0 Å². The number of carbonyl (C=O) groups is 1. The third kappa shape index (κ3) is 4.55. The van der Waals surface area contributed by atoms with Crippen LogP contribution in [0.25, 0.3) is 0 Å². The normalized spacial score (nSPS) is 12.6. The second-order valence-corrected chi connectivity index (χ2v) is 4.43. The largest absolute Gasteiger partial charge is 0.417 e. The molecule has 0 fully saturated rings. The number of benzene rings is 1. The first-order valence-electron chi connectivity index (χ1n) is 5.91. The van der Waals surface area contributed by atoms with E-state index in [2.05, 4.69) is 5.32 Å². The fourth-order valence-electron chi connectivity index (χ4n) is 1.54. The van der Waals surface area contributed by atoms with Crippen LogP contribution in [0.1, 0.15) is 30.9 Å². The average Bonchev–Trinajstić information content (AvgIpc) is 2.35. The lowest BCUT2D eigenvalue weighted by atomic mass is 10.1. The summed E-state index contributed by atoms with van der Waals surface area (Å²) in [7, 11) is 0. The summed E-state index contributed by atoms with van der Waals surface area (Å²) in [5.41, 5.74) is 3.95. The van der Waals surface area contributed by atoms with E-state index in [9.17, 15) is 18.0 Å². The quantitative estimate of drug-likeness (QED) is 0.892. The predicted molar refractivity (Wildman–Crippen MR) is 67.7 cm³/mol. The van der Waals surface area contributed by atoms with Gasteiger partial charge in [0.1, 0.15) is 0 Å². The third-order valence-electron chi connectivity index (χ3n) is 2.56. The summed E-state index contributed by atoms with van der Waals surface area (Å²) in [5, 5.41) is 11.0. The van der Waals surface area contributed by atoms with Gasteiger partial charge in [0.2, 0.25) is 5.91 Å². The molecular weight excluding hydrogens is 271 g/mol. The minimum atomic E-state index is -4.64. The molecule has 0 aliphatic carbocycles. The maximum atomic E-state index is 12.7. The number of halogens is 3. The zero-order valence-corrected chi connectivity index (χ0v) is 10.8. The van der Waals surface area contributed by atoms with Gasteiger partial charge in [-0.2, -0.15) is 18.4 Å². The molecule has 0 heterocycles. The summed E-state index contributed by atoms with van der Waals surface area (Å²) in [6, 6.07) is 4.36. The van der Waals surface area contributed by atoms with Crippen LogP contribution >= 0.6 is 0 Å². The molecule has 4 nitrogen and oxygen atoms in total. The first-order chi connectivity index (χ1) is 9.24. The number of nitrogens with zero attached hydrogens (tertiary/aromatic N) is 1. The second-order valence-electron chi connectivity index (χ2n) is 4.43. The molecule has 1 atom stereocenters. The summed E-state index contributed by atoms with van der Waals surface area (Å²) >= 11 is 0. The Kier molecular flexibility index (Phi) is 5.11. The number of rotatable bonds is 4. The molecule has 0 saturated heterocycles. The highest BCUT2D eigenvalue weighted by Gasteiger charge is 2.33. The number of alkyl halides is 3. The Balaban J connectivity index is 2.88. The molecule has 0 saturated carbocycles. The third-order valence-corrected chi connectivity index (χ3v) is 2.56. The van der Waals surface area contributed by atoms with Crippen molar-refractivity contribution in [3.63, 3.8) is 0 Å².